The molecule has 0 aliphatic rings. The van der Waals surface area contributed by atoms with Crippen LogP contribution in [0.1, 0.15) is 31.3 Å². The van der Waals surface area contributed by atoms with Crippen molar-refractivity contribution in [2.24, 2.45) is 0 Å². The summed E-state index contributed by atoms with van der Waals surface area (Å²) in [5.41, 5.74) is 2.47. The Balaban J connectivity index is 0.00000289. The molecule has 0 saturated heterocycles. The van der Waals surface area contributed by atoms with E-state index in [1.54, 1.807) is 11.3 Å². The molecule has 0 aliphatic heterocycles. The van der Waals surface area contributed by atoms with Gasteiger partial charge in [0.1, 0.15) is 5.60 Å². The van der Waals surface area contributed by atoms with Crippen molar-refractivity contribution < 1.29 is 36.2 Å². The van der Waals surface area contributed by atoms with Crippen LogP contribution in [0.3, 0.4) is 0 Å². The van der Waals surface area contributed by atoms with E-state index >= 15 is 0 Å². The third kappa shape index (κ3) is 5.46. The minimum absolute atomic E-state index is 0. The number of rotatable bonds is 4. The van der Waals surface area contributed by atoms with Crippen molar-refractivity contribution in [1.82, 2.24) is 0 Å². The highest BCUT2D eigenvalue weighted by Gasteiger charge is 2.22. The summed E-state index contributed by atoms with van der Waals surface area (Å²) < 4.78 is 7.13. The van der Waals surface area contributed by atoms with Crippen LogP contribution in [0, 0.1) is 6.92 Å². The number of aliphatic hydroxyl groups is 1. The second kappa shape index (κ2) is 7.21. The van der Waals surface area contributed by atoms with E-state index in [4.69, 9.17) is 9.84 Å². The van der Waals surface area contributed by atoms with E-state index in [0.717, 1.165) is 10.6 Å². The molecule has 0 atom stereocenters. The summed E-state index contributed by atoms with van der Waals surface area (Å²) in [5, 5.41) is 8.89. The number of aliphatic hydroxyl groups excluding tert-OH is 1. The van der Waals surface area contributed by atoms with E-state index in [0.29, 0.717) is 6.42 Å². The van der Waals surface area contributed by atoms with Gasteiger partial charge in [0.15, 0.2) is 5.69 Å². The molecule has 1 N–H and O–H groups in total. The number of esters is 1. The summed E-state index contributed by atoms with van der Waals surface area (Å²) in [5.74, 6) is -0.237. The van der Waals surface area contributed by atoms with Gasteiger partial charge in [0.25, 0.3) is 0 Å². The standard InChI is InChI=1S/C12H20NO3S.BrH/c1-9-10(5-6-14)17-8-13(9)7-11(15)16-12(2,3)4;/h8,14H,5-7H2,1-4H3;1H/q+1;/p-1. The normalized spacial score (nSPS) is 10.9. The second-order valence-electron chi connectivity index (χ2n) is 4.92. The first-order valence-electron chi connectivity index (χ1n) is 5.62. The molecule has 4 nitrogen and oxygen atoms in total. The van der Waals surface area contributed by atoms with Crippen LogP contribution >= 0.6 is 11.3 Å². The fourth-order valence-corrected chi connectivity index (χ4v) is 2.45. The molecule has 18 heavy (non-hydrogen) atoms. The smallest absolute Gasteiger partial charge is 0.373 e. The van der Waals surface area contributed by atoms with Crippen LogP contribution in [-0.2, 0) is 22.5 Å². The van der Waals surface area contributed by atoms with E-state index in [1.807, 2.05) is 37.8 Å². The predicted molar refractivity (Wildman–Crippen MR) is 65.9 cm³/mol. The molecule has 0 saturated carbocycles. The second-order valence-corrected chi connectivity index (χ2v) is 5.86. The number of hydrogen-bond acceptors (Lipinski definition) is 4. The minimum Gasteiger partial charge on any atom is -1.00 e. The maximum absolute atomic E-state index is 11.7. The molecule has 0 radical (unpaired) electrons. The highest BCUT2D eigenvalue weighted by molar-refractivity contribution is 7.09. The van der Waals surface area contributed by atoms with Gasteiger partial charge < -0.3 is 26.8 Å². The first-order valence-corrected chi connectivity index (χ1v) is 6.50. The fourth-order valence-electron chi connectivity index (χ4n) is 1.46. The zero-order valence-electron chi connectivity index (χ0n) is 11.2. The fraction of sp³-hybridized carbons (Fsp3) is 0.667. The molecule has 1 rings (SSSR count). The molecule has 1 heterocycles. The Labute approximate surface area is 122 Å². The molecule has 0 spiro atoms. The average molecular weight is 338 g/mol. The van der Waals surface area contributed by atoms with Crippen LogP contribution in [-0.4, -0.2) is 23.3 Å². The topological polar surface area (TPSA) is 50.4 Å². The van der Waals surface area contributed by atoms with Crippen LogP contribution in [0.5, 0.6) is 0 Å². The Bertz CT molecular complexity index is 399. The molecule has 1 aromatic rings. The summed E-state index contributed by atoms with van der Waals surface area (Å²) in [6.07, 6.45) is 0.637. The number of hydrogen-bond donors (Lipinski definition) is 1. The lowest BCUT2D eigenvalue weighted by molar-refractivity contribution is -0.687. The molecule has 0 amide bonds. The molecule has 0 bridgehead atoms. The third-order valence-corrected chi connectivity index (χ3v) is 3.36. The number of nitrogens with zero attached hydrogens (tertiary/aromatic N) is 1. The average Bonchev–Trinajstić information content (AvgIpc) is 2.47. The van der Waals surface area contributed by atoms with Gasteiger partial charge in [0, 0.05) is 20.0 Å². The Morgan fingerprint density at radius 3 is 2.61 bits per heavy atom. The summed E-state index contributed by atoms with van der Waals surface area (Å²) in [4.78, 5) is 12.8. The minimum atomic E-state index is -0.449. The van der Waals surface area contributed by atoms with E-state index in [1.165, 1.54) is 0 Å². The molecule has 1 aromatic heterocycles. The van der Waals surface area contributed by atoms with Gasteiger partial charge in [-0.05, 0) is 20.8 Å². The van der Waals surface area contributed by atoms with Crippen molar-refractivity contribution in [3.05, 3.63) is 16.1 Å². The first kappa shape index (κ1) is 17.5. The number of carbonyl (C=O) groups excluding carboxylic acids is 1. The van der Waals surface area contributed by atoms with E-state index < -0.39 is 5.60 Å². The highest BCUT2D eigenvalue weighted by atomic mass is 79.9. The molecule has 104 valence electrons. The molecular formula is C12H20BrNO3S. The lowest BCUT2D eigenvalue weighted by Gasteiger charge is -2.18. The maximum atomic E-state index is 11.7. The van der Waals surface area contributed by atoms with Gasteiger partial charge >= 0.3 is 5.97 Å². The molecular weight excluding hydrogens is 318 g/mol. The number of aromatic nitrogens is 1. The Morgan fingerprint density at radius 1 is 1.50 bits per heavy atom. The van der Waals surface area contributed by atoms with Gasteiger partial charge in [-0.15, -0.1) is 0 Å². The third-order valence-electron chi connectivity index (χ3n) is 2.21. The first-order chi connectivity index (χ1) is 7.83. The summed E-state index contributed by atoms with van der Waals surface area (Å²) in [6, 6.07) is 0. The zero-order valence-corrected chi connectivity index (χ0v) is 13.6. The monoisotopic (exact) mass is 337 g/mol. The highest BCUT2D eigenvalue weighted by Crippen LogP contribution is 2.12. The Hall–Kier alpha value is -0.460. The van der Waals surface area contributed by atoms with Crippen molar-refractivity contribution in [3.63, 3.8) is 0 Å². The van der Waals surface area contributed by atoms with Gasteiger partial charge in [-0.1, -0.05) is 11.3 Å². The quantitative estimate of drug-likeness (QED) is 0.522. The molecule has 6 heteroatoms. The Kier molecular flexibility index (Phi) is 7.02. The zero-order chi connectivity index (χ0) is 13.1. The van der Waals surface area contributed by atoms with E-state index in [-0.39, 0.29) is 36.1 Å². The lowest BCUT2D eigenvalue weighted by atomic mass is 10.2. The van der Waals surface area contributed by atoms with Crippen LogP contribution in [0.25, 0.3) is 0 Å². The van der Waals surface area contributed by atoms with Crippen molar-refractivity contribution in [2.45, 2.75) is 46.3 Å². The molecule has 0 aromatic carbocycles. The predicted octanol–water partition coefficient (Wildman–Crippen LogP) is -1.78. The number of carbonyl (C=O) groups is 1. The van der Waals surface area contributed by atoms with Gasteiger partial charge in [-0.25, -0.2) is 4.79 Å². The van der Waals surface area contributed by atoms with Gasteiger partial charge in [0.05, 0.1) is 4.88 Å². The van der Waals surface area contributed by atoms with Gasteiger partial charge in [-0.2, -0.15) is 4.57 Å². The van der Waals surface area contributed by atoms with Crippen molar-refractivity contribution in [2.75, 3.05) is 6.61 Å². The molecule has 0 aliphatic carbocycles. The van der Waals surface area contributed by atoms with Crippen LogP contribution in [0.4, 0.5) is 0 Å². The summed E-state index contributed by atoms with van der Waals surface area (Å²) in [7, 11) is 0. The SMILES string of the molecule is Cc1c(CCO)sc[n+]1CC(=O)OC(C)(C)C.[Br-]. The summed E-state index contributed by atoms with van der Waals surface area (Å²) in [6.45, 7) is 7.87. The van der Waals surface area contributed by atoms with Gasteiger partial charge in [0.2, 0.25) is 12.1 Å². The van der Waals surface area contributed by atoms with Gasteiger partial charge in [-0.3, -0.25) is 0 Å². The van der Waals surface area contributed by atoms with Crippen LogP contribution in [0.2, 0.25) is 0 Å². The molecule has 0 fully saturated rings. The number of ether oxygens (including phenoxy) is 1. The molecule has 0 unspecified atom stereocenters. The van der Waals surface area contributed by atoms with Crippen molar-refractivity contribution in [1.29, 1.82) is 0 Å². The van der Waals surface area contributed by atoms with E-state index in [9.17, 15) is 4.79 Å². The van der Waals surface area contributed by atoms with Crippen LogP contribution in [0.15, 0.2) is 5.51 Å². The van der Waals surface area contributed by atoms with E-state index in [2.05, 4.69) is 0 Å². The maximum Gasteiger partial charge on any atom is 0.373 e. The van der Waals surface area contributed by atoms with Crippen molar-refractivity contribution >= 4 is 17.3 Å². The summed E-state index contributed by atoms with van der Waals surface area (Å²) >= 11 is 1.56. The van der Waals surface area contributed by atoms with Crippen molar-refractivity contribution in [3.8, 4) is 0 Å². The number of halogens is 1. The number of thiazole rings is 1. The largest absolute Gasteiger partial charge is 1.00 e. The lowest BCUT2D eigenvalue weighted by Crippen LogP contribution is -3.00. The van der Waals surface area contributed by atoms with Crippen LogP contribution < -0.4 is 21.5 Å². The Morgan fingerprint density at radius 2 is 2.11 bits per heavy atom.